The summed E-state index contributed by atoms with van der Waals surface area (Å²) in [4.78, 5) is 17.2. The Labute approximate surface area is 174 Å². The van der Waals surface area contributed by atoms with Gasteiger partial charge in [-0.15, -0.1) is 0 Å². The van der Waals surface area contributed by atoms with Crippen LogP contribution in [0.2, 0.25) is 10.0 Å². The standard InChI is InChI=1S/C21H13Cl2F2N3O/c22-13-6-3-5-12(19(13)23)21-26-16-9-1-2-10-17(16)28(21)11-18(29)27-20-14(24)7-4-8-15(20)25/h1-10H,11H2,(H,27,29). The molecule has 8 heteroatoms. The third kappa shape index (κ3) is 3.69. The van der Waals surface area contributed by atoms with E-state index >= 15 is 0 Å². The molecule has 0 aliphatic carbocycles. The smallest absolute Gasteiger partial charge is 0.244 e. The van der Waals surface area contributed by atoms with Gasteiger partial charge in [-0.1, -0.05) is 47.5 Å². The van der Waals surface area contributed by atoms with Gasteiger partial charge >= 0.3 is 0 Å². The zero-order chi connectivity index (χ0) is 20.5. The van der Waals surface area contributed by atoms with Crippen molar-refractivity contribution in [3.05, 3.63) is 82.3 Å². The second-order valence-corrected chi connectivity index (χ2v) is 7.04. The summed E-state index contributed by atoms with van der Waals surface area (Å²) in [6.07, 6.45) is 0. The maximum atomic E-state index is 13.9. The van der Waals surface area contributed by atoms with Crippen LogP contribution in [0.4, 0.5) is 14.5 Å². The van der Waals surface area contributed by atoms with Gasteiger partial charge in [0.05, 0.1) is 21.1 Å². The Morgan fingerprint density at radius 3 is 2.41 bits per heavy atom. The van der Waals surface area contributed by atoms with Crippen molar-refractivity contribution < 1.29 is 13.6 Å². The minimum absolute atomic E-state index is 0.230. The second-order valence-electron chi connectivity index (χ2n) is 6.26. The van der Waals surface area contributed by atoms with Crippen LogP contribution < -0.4 is 5.32 Å². The summed E-state index contributed by atoms with van der Waals surface area (Å²) < 4.78 is 29.4. The highest BCUT2D eigenvalue weighted by molar-refractivity contribution is 6.43. The van der Waals surface area contributed by atoms with Gasteiger partial charge in [-0.25, -0.2) is 13.8 Å². The van der Waals surface area contributed by atoms with Gasteiger partial charge in [-0.2, -0.15) is 0 Å². The lowest BCUT2D eigenvalue weighted by atomic mass is 10.2. The molecule has 1 N–H and O–H groups in total. The molecule has 0 radical (unpaired) electrons. The first-order chi connectivity index (χ1) is 14.0. The number of fused-ring (bicyclic) bond motifs is 1. The lowest BCUT2D eigenvalue weighted by molar-refractivity contribution is -0.116. The van der Waals surface area contributed by atoms with Crippen LogP contribution >= 0.6 is 23.2 Å². The first kappa shape index (κ1) is 19.4. The average molecular weight is 432 g/mol. The van der Waals surface area contributed by atoms with Crippen LogP contribution in [0, 0.1) is 11.6 Å². The molecule has 4 nitrogen and oxygen atoms in total. The number of benzene rings is 3. The fourth-order valence-corrected chi connectivity index (χ4v) is 3.44. The molecule has 146 valence electrons. The van der Waals surface area contributed by atoms with Crippen LogP contribution in [0.25, 0.3) is 22.4 Å². The van der Waals surface area contributed by atoms with Crippen molar-refractivity contribution in [2.75, 3.05) is 5.32 Å². The molecule has 4 aromatic rings. The summed E-state index contributed by atoms with van der Waals surface area (Å²) in [5.41, 5.74) is 1.36. The summed E-state index contributed by atoms with van der Waals surface area (Å²) in [6.45, 7) is -0.230. The number of carbonyl (C=O) groups excluding carboxylic acids is 1. The van der Waals surface area contributed by atoms with E-state index in [-0.39, 0.29) is 6.54 Å². The van der Waals surface area contributed by atoms with E-state index in [1.807, 2.05) is 6.07 Å². The van der Waals surface area contributed by atoms with Crippen LogP contribution in [-0.4, -0.2) is 15.5 Å². The van der Waals surface area contributed by atoms with Gasteiger partial charge in [0.2, 0.25) is 5.91 Å². The molecule has 4 rings (SSSR count). The molecule has 3 aromatic carbocycles. The van der Waals surface area contributed by atoms with Crippen LogP contribution in [-0.2, 0) is 11.3 Å². The molecule has 0 saturated heterocycles. The van der Waals surface area contributed by atoms with Crippen LogP contribution in [0.3, 0.4) is 0 Å². The number of amides is 1. The van der Waals surface area contributed by atoms with Gasteiger partial charge in [-0.3, -0.25) is 4.79 Å². The number of aromatic nitrogens is 2. The minimum atomic E-state index is -0.855. The number of hydrogen-bond donors (Lipinski definition) is 1. The fourth-order valence-electron chi connectivity index (χ4n) is 3.06. The van der Waals surface area contributed by atoms with Crippen LogP contribution in [0.5, 0.6) is 0 Å². The molecule has 1 aromatic heterocycles. The van der Waals surface area contributed by atoms with E-state index < -0.39 is 23.2 Å². The summed E-state index contributed by atoms with van der Waals surface area (Å²) in [7, 11) is 0. The van der Waals surface area contributed by atoms with Gasteiger partial charge in [-0.05, 0) is 36.4 Å². The molecule has 1 heterocycles. The molecule has 0 atom stereocenters. The number of para-hydroxylation sites is 3. The van der Waals surface area contributed by atoms with Crippen LogP contribution in [0.1, 0.15) is 0 Å². The maximum Gasteiger partial charge on any atom is 0.244 e. The highest BCUT2D eigenvalue weighted by Gasteiger charge is 2.19. The van der Waals surface area contributed by atoms with E-state index in [0.29, 0.717) is 32.5 Å². The normalized spacial score (nSPS) is 11.0. The summed E-state index contributed by atoms with van der Waals surface area (Å²) >= 11 is 12.5. The monoisotopic (exact) mass is 431 g/mol. The lowest BCUT2D eigenvalue weighted by Gasteiger charge is -2.12. The fraction of sp³-hybridized carbons (Fsp3) is 0.0476. The highest BCUT2D eigenvalue weighted by Crippen LogP contribution is 2.34. The van der Waals surface area contributed by atoms with E-state index in [2.05, 4.69) is 10.3 Å². The van der Waals surface area contributed by atoms with Crippen molar-refractivity contribution in [2.45, 2.75) is 6.54 Å². The number of imidazole rings is 1. The molecular formula is C21H13Cl2F2N3O. The first-order valence-electron chi connectivity index (χ1n) is 8.59. The minimum Gasteiger partial charge on any atom is -0.320 e. The predicted octanol–water partition coefficient (Wildman–Crippen LogP) is 5.93. The summed E-state index contributed by atoms with van der Waals surface area (Å²) in [5.74, 6) is -1.90. The molecule has 0 aliphatic rings. The van der Waals surface area contributed by atoms with Crippen molar-refractivity contribution in [2.24, 2.45) is 0 Å². The zero-order valence-corrected chi connectivity index (χ0v) is 16.3. The van der Waals surface area contributed by atoms with Gasteiger partial charge < -0.3 is 9.88 Å². The molecule has 0 spiro atoms. The predicted molar refractivity (Wildman–Crippen MR) is 110 cm³/mol. The van der Waals surface area contributed by atoms with E-state index in [1.165, 1.54) is 6.07 Å². The van der Waals surface area contributed by atoms with Crippen molar-refractivity contribution in [1.29, 1.82) is 0 Å². The number of anilines is 1. The topological polar surface area (TPSA) is 46.9 Å². The Kier molecular flexibility index (Phi) is 5.22. The van der Waals surface area contributed by atoms with Gasteiger partial charge in [0, 0.05) is 5.56 Å². The van der Waals surface area contributed by atoms with E-state index in [4.69, 9.17) is 23.2 Å². The van der Waals surface area contributed by atoms with Crippen molar-refractivity contribution in [3.63, 3.8) is 0 Å². The number of nitrogens with zero attached hydrogens (tertiary/aromatic N) is 2. The molecule has 0 saturated carbocycles. The number of hydrogen-bond acceptors (Lipinski definition) is 2. The Morgan fingerprint density at radius 1 is 0.966 bits per heavy atom. The van der Waals surface area contributed by atoms with Crippen LogP contribution in [0.15, 0.2) is 60.7 Å². The number of rotatable bonds is 4. The Morgan fingerprint density at radius 2 is 1.66 bits per heavy atom. The lowest BCUT2D eigenvalue weighted by Crippen LogP contribution is -2.20. The molecule has 1 amide bonds. The summed E-state index contributed by atoms with van der Waals surface area (Å²) in [6, 6.07) is 15.7. The third-order valence-corrected chi connectivity index (χ3v) is 5.19. The maximum absolute atomic E-state index is 13.9. The highest BCUT2D eigenvalue weighted by atomic mass is 35.5. The summed E-state index contributed by atoms with van der Waals surface area (Å²) in [5, 5.41) is 2.93. The molecule has 0 bridgehead atoms. The van der Waals surface area contributed by atoms with Crippen molar-refractivity contribution >= 4 is 45.8 Å². The molecule has 0 aliphatic heterocycles. The Balaban J connectivity index is 1.77. The third-order valence-electron chi connectivity index (χ3n) is 4.38. The second kappa shape index (κ2) is 7.81. The van der Waals surface area contributed by atoms with Gasteiger partial charge in [0.15, 0.2) is 0 Å². The number of nitrogens with one attached hydrogen (secondary N) is 1. The number of carbonyl (C=O) groups is 1. The first-order valence-corrected chi connectivity index (χ1v) is 9.35. The van der Waals surface area contributed by atoms with Crippen molar-refractivity contribution in [3.8, 4) is 11.4 Å². The van der Waals surface area contributed by atoms with E-state index in [1.54, 1.807) is 41.0 Å². The SMILES string of the molecule is O=C(Cn1c(-c2cccc(Cl)c2Cl)nc2ccccc21)Nc1c(F)cccc1F. The molecule has 0 fully saturated rings. The quantitative estimate of drug-likeness (QED) is 0.435. The van der Waals surface area contributed by atoms with Crippen molar-refractivity contribution in [1.82, 2.24) is 9.55 Å². The zero-order valence-electron chi connectivity index (χ0n) is 14.8. The Hall–Kier alpha value is -2.96. The molecule has 29 heavy (non-hydrogen) atoms. The van der Waals surface area contributed by atoms with E-state index in [0.717, 1.165) is 12.1 Å². The molecular weight excluding hydrogens is 419 g/mol. The van der Waals surface area contributed by atoms with Gasteiger partial charge in [0.1, 0.15) is 29.7 Å². The molecule has 0 unspecified atom stereocenters. The average Bonchev–Trinajstić information content (AvgIpc) is 3.05. The van der Waals surface area contributed by atoms with Gasteiger partial charge in [0.25, 0.3) is 0 Å². The van der Waals surface area contributed by atoms with E-state index in [9.17, 15) is 13.6 Å². The number of halogens is 4. The Bertz CT molecular complexity index is 1220. The largest absolute Gasteiger partial charge is 0.320 e.